The number of nitrogen functional groups attached to an aromatic ring is 1. The summed E-state index contributed by atoms with van der Waals surface area (Å²) in [6.45, 7) is 2.70. The Kier molecular flexibility index (Phi) is 6.68. The Morgan fingerprint density at radius 2 is 1.86 bits per heavy atom. The van der Waals surface area contributed by atoms with Crippen LogP contribution in [0.15, 0.2) is 18.5 Å². The van der Waals surface area contributed by atoms with Crippen molar-refractivity contribution in [1.82, 2.24) is 24.8 Å². The molecule has 2 aliphatic rings. The molecule has 2 aromatic rings. The number of rotatable bonds is 6. The smallest absolute Gasteiger partial charge is 0.426 e. The lowest BCUT2D eigenvalue weighted by atomic mass is 9.87. The second-order valence-electron chi connectivity index (χ2n) is 8.67. The zero-order chi connectivity index (χ0) is 25.4. The molecule has 14 heteroatoms. The van der Waals surface area contributed by atoms with Gasteiger partial charge in [0.25, 0.3) is 5.91 Å². The number of hydrogen-bond donors (Lipinski definition) is 2. The third-order valence-corrected chi connectivity index (χ3v) is 6.15. The van der Waals surface area contributed by atoms with Crippen LogP contribution >= 0.6 is 0 Å². The van der Waals surface area contributed by atoms with E-state index in [1.807, 2.05) is 4.90 Å². The number of hydrogen-bond acceptors (Lipinski definition) is 10. The van der Waals surface area contributed by atoms with Gasteiger partial charge >= 0.3 is 6.18 Å². The molecule has 3 N–H and O–H groups in total. The molecular formula is C21H26F3N7O4. The minimum absolute atomic E-state index is 0.122. The van der Waals surface area contributed by atoms with Gasteiger partial charge in [-0.3, -0.25) is 4.79 Å². The van der Waals surface area contributed by atoms with Gasteiger partial charge in [0.2, 0.25) is 23.4 Å². The highest BCUT2D eigenvalue weighted by Gasteiger charge is 2.58. The Morgan fingerprint density at radius 3 is 2.46 bits per heavy atom. The first-order chi connectivity index (χ1) is 16.5. The Balaban J connectivity index is 1.48. The molecule has 3 heterocycles. The Labute approximate surface area is 199 Å². The monoisotopic (exact) mass is 497 g/mol. The lowest BCUT2D eigenvalue weighted by Gasteiger charge is -2.42. The molecule has 0 bridgehead atoms. The van der Waals surface area contributed by atoms with Crippen molar-refractivity contribution in [3.05, 3.63) is 18.5 Å². The summed E-state index contributed by atoms with van der Waals surface area (Å²) in [6, 6.07) is 1.11. The van der Waals surface area contributed by atoms with E-state index in [9.17, 15) is 23.1 Å². The molecule has 11 nitrogen and oxygen atoms in total. The first kappa shape index (κ1) is 24.9. The van der Waals surface area contributed by atoms with E-state index >= 15 is 0 Å². The summed E-state index contributed by atoms with van der Waals surface area (Å²) < 4.78 is 50.4. The van der Waals surface area contributed by atoms with Gasteiger partial charge in [0.15, 0.2) is 0 Å². The van der Waals surface area contributed by atoms with Crippen LogP contribution in [-0.4, -0.2) is 93.1 Å². The van der Waals surface area contributed by atoms with Crippen LogP contribution in [0, 0.1) is 0 Å². The normalized spacial score (nSPS) is 22.2. The van der Waals surface area contributed by atoms with E-state index in [1.54, 1.807) is 6.07 Å². The summed E-state index contributed by atoms with van der Waals surface area (Å²) in [5, 5.41) is 9.67. The molecule has 0 unspecified atom stereocenters. The maximum absolute atomic E-state index is 13.0. The summed E-state index contributed by atoms with van der Waals surface area (Å²) in [7, 11) is 1.24. The van der Waals surface area contributed by atoms with Crippen molar-refractivity contribution in [2.75, 3.05) is 44.0 Å². The van der Waals surface area contributed by atoms with Crippen LogP contribution < -0.4 is 15.4 Å². The number of anilines is 2. The van der Waals surface area contributed by atoms with Gasteiger partial charge in [0, 0.05) is 63.0 Å². The predicted molar refractivity (Wildman–Crippen MR) is 117 cm³/mol. The fourth-order valence-electron chi connectivity index (χ4n) is 3.75. The van der Waals surface area contributed by atoms with Crippen LogP contribution in [0.3, 0.4) is 0 Å². The quantitative estimate of drug-likeness (QED) is 0.595. The van der Waals surface area contributed by atoms with E-state index in [2.05, 4.69) is 19.9 Å². The number of halogens is 3. The Hall–Kier alpha value is -3.26. The van der Waals surface area contributed by atoms with Crippen LogP contribution in [-0.2, 0) is 9.53 Å². The molecule has 0 spiro atoms. The summed E-state index contributed by atoms with van der Waals surface area (Å²) in [5.41, 5.74) is 3.24. The number of carbonyl (C=O) groups excluding carboxylic acids is 1. The molecule has 190 valence electrons. The summed E-state index contributed by atoms with van der Waals surface area (Å²) in [6.07, 6.45) is -1.82. The second-order valence-corrected chi connectivity index (χ2v) is 8.67. The predicted octanol–water partition coefficient (Wildman–Crippen LogP) is 1.03. The van der Waals surface area contributed by atoms with E-state index < -0.39 is 23.7 Å². The zero-order valence-electron chi connectivity index (χ0n) is 19.2. The van der Waals surface area contributed by atoms with Crippen LogP contribution in [0.5, 0.6) is 5.88 Å². The van der Waals surface area contributed by atoms with Crippen molar-refractivity contribution >= 4 is 17.8 Å². The van der Waals surface area contributed by atoms with Crippen molar-refractivity contribution in [2.45, 2.75) is 43.7 Å². The molecule has 1 saturated carbocycles. The lowest BCUT2D eigenvalue weighted by molar-refractivity contribution is -0.251. The number of aliphatic hydroxyl groups is 1. The molecule has 1 aliphatic carbocycles. The van der Waals surface area contributed by atoms with Crippen molar-refractivity contribution in [3.63, 3.8) is 0 Å². The van der Waals surface area contributed by atoms with Crippen LogP contribution in [0.1, 0.15) is 19.8 Å². The average Bonchev–Trinajstić information content (AvgIpc) is 2.80. The largest absolute Gasteiger partial charge is 0.474 e. The standard InChI is InChI=1S/C21H26F3N7O4/c1-20(33,21(22,23)24)17(32)30(2)13-7-14(8-13)35-16-9-15(12-10-26-18(25)27-11-12)28-19(29-16)31-3-5-34-6-4-31/h9-11,13-14,33H,3-8H2,1-2H3,(H2,25,26,27)/t13?,14?,20-/m0/s1. The van der Waals surface area contributed by atoms with Crippen molar-refractivity contribution in [3.8, 4) is 17.1 Å². The zero-order valence-corrected chi connectivity index (χ0v) is 19.2. The van der Waals surface area contributed by atoms with Gasteiger partial charge in [0.05, 0.1) is 18.9 Å². The van der Waals surface area contributed by atoms with E-state index in [0.29, 0.717) is 50.4 Å². The number of nitrogens with two attached hydrogens (primary N) is 1. The van der Waals surface area contributed by atoms with E-state index in [0.717, 1.165) is 4.90 Å². The first-order valence-corrected chi connectivity index (χ1v) is 11.0. The van der Waals surface area contributed by atoms with Crippen molar-refractivity contribution in [1.29, 1.82) is 0 Å². The minimum atomic E-state index is -5.07. The average molecular weight is 497 g/mol. The molecule has 35 heavy (non-hydrogen) atoms. The van der Waals surface area contributed by atoms with Crippen LogP contribution in [0.2, 0.25) is 0 Å². The number of ether oxygens (including phenoxy) is 2. The third kappa shape index (κ3) is 5.22. The van der Waals surface area contributed by atoms with Gasteiger partial charge in [-0.25, -0.2) is 15.0 Å². The summed E-state index contributed by atoms with van der Waals surface area (Å²) in [5.74, 6) is -0.581. The molecule has 2 fully saturated rings. The number of nitrogens with zero attached hydrogens (tertiary/aromatic N) is 6. The lowest BCUT2D eigenvalue weighted by Crippen LogP contribution is -2.60. The number of aromatic nitrogens is 4. The number of morpholine rings is 1. The second kappa shape index (κ2) is 9.41. The summed E-state index contributed by atoms with van der Waals surface area (Å²) in [4.78, 5) is 32.2. The third-order valence-electron chi connectivity index (χ3n) is 6.15. The Bertz CT molecular complexity index is 1060. The van der Waals surface area contributed by atoms with Gasteiger partial charge in [0.1, 0.15) is 6.10 Å². The molecule has 1 saturated heterocycles. The number of amides is 1. The van der Waals surface area contributed by atoms with Gasteiger partial charge in [-0.2, -0.15) is 18.2 Å². The van der Waals surface area contributed by atoms with Gasteiger partial charge in [-0.1, -0.05) is 0 Å². The molecule has 2 aromatic heterocycles. The molecule has 0 radical (unpaired) electrons. The molecule has 1 atom stereocenters. The molecule has 4 rings (SSSR count). The van der Waals surface area contributed by atoms with Crippen molar-refractivity contribution in [2.24, 2.45) is 0 Å². The van der Waals surface area contributed by atoms with Gasteiger partial charge in [-0.05, 0) is 6.92 Å². The van der Waals surface area contributed by atoms with E-state index in [1.165, 1.54) is 19.4 Å². The highest BCUT2D eigenvalue weighted by atomic mass is 19.4. The Morgan fingerprint density at radius 1 is 1.23 bits per heavy atom. The minimum Gasteiger partial charge on any atom is -0.474 e. The maximum atomic E-state index is 13.0. The molecular weight excluding hydrogens is 471 g/mol. The molecule has 0 aromatic carbocycles. The van der Waals surface area contributed by atoms with Crippen LogP contribution in [0.25, 0.3) is 11.3 Å². The number of likely N-dealkylation sites (N-methyl/N-ethyl adjacent to an activating group) is 1. The summed E-state index contributed by atoms with van der Waals surface area (Å²) >= 11 is 0. The topological polar surface area (TPSA) is 140 Å². The molecule has 1 aliphatic heterocycles. The van der Waals surface area contributed by atoms with E-state index in [4.69, 9.17) is 15.2 Å². The number of alkyl halides is 3. The van der Waals surface area contributed by atoms with Crippen molar-refractivity contribution < 1.29 is 32.5 Å². The first-order valence-electron chi connectivity index (χ1n) is 11.0. The highest BCUT2D eigenvalue weighted by molar-refractivity contribution is 5.85. The van der Waals surface area contributed by atoms with Gasteiger partial charge in [-0.15, -0.1) is 0 Å². The highest BCUT2D eigenvalue weighted by Crippen LogP contribution is 2.35. The van der Waals surface area contributed by atoms with Gasteiger partial charge < -0.3 is 30.1 Å². The molecule has 1 amide bonds. The number of carbonyl (C=O) groups is 1. The van der Waals surface area contributed by atoms with E-state index in [-0.39, 0.29) is 30.8 Å². The SMILES string of the molecule is CN(C(=O)[C@](C)(O)C(F)(F)F)C1CC(Oc2cc(-c3cnc(N)nc3)nc(N3CCOCC3)n2)C1. The fourth-order valence-corrected chi connectivity index (χ4v) is 3.75. The maximum Gasteiger partial charge on any atom is 0.426 e. The fraction of sp³-hybridized carbons (Fsp3) is 0.571. The van der Waals surface area contributed by atoms with Crippen LogP contribution in [0.4, 0.5) is 25.1 Å².